The predicted molar refractivity (Wildman–Crippen MR) is 270 cm³/mol. The monoisotopic (exact) mass is 925 g/mol. The number of hydrogen-bond donors (Lipinski definition) is 3. The number of carbonyl (C=O) groups excluding carboxylic acids is 1. The first-order valence-corrected chi connectivity index (χ1v) is 28.1. The Balaban J connectivity index is 4.05. The largest absolute Gasteiger partial charge is 0.472 e. The van der Waals surface area contributed by atoms with Crippen molar-refractivity contribution in [2.45, 2.75) is 257 Å². The van der Waals surface area contributed by atoms with Gasteiger partial charge in [0.25, 0.3) is 0 Å². The molecule has 0 saturated heterocycles. The first kappa shape index (κ1) is 62.4. The van der Waals surface area contributed by atoms with Gasteiger partial charge in [0.1, 0.15) is 12.2 Å². The molecule has 3 N–H and O–H groups in total. The van der Waals surface area contributed by atoms with Crippen molar-refractivity contribution in [1.29, 1.82) is 0 Å². The number of ether oxygens (including phenoxy) is 2. The minimum absolute atomic E-state index is 0.0482. The number of aliphatic hydroxyl groups excluding tert-OH is 2. The molecule has 0 aliphatic carbocycles. The summed E-state index contributed by atoms with van der Waals surface area (Å²) in [4.78, 5) is 22.7. The second kappa shape index (κ2) is 50.8. The molecule has 0 amide bonds. The molecular weight excluding hydrogens is 824 g/mol. The van der Waals surface area contributed by atoms with Crippen molar-refractivity contribution in [3.05, 3.63) is 48.6 Å². The minimum Gasteiger partial charge on any atom is -0.457 e. The van der Waals surface area contributed by atoms with E-state index in [9.17, 15) is 19.4 Å². The lowest BCUT2D eigenvalue weighted by molar-refractivity contribution is -0.154. The quantitative estimate of drug-likeness (QED) is 0.0236. The van der Waals surface area contributed by atoms with E-state index in [1.165, 1.54) is 154 Å². The van der Waals surface area contributed by atoms with Crippen LogP contribution < -0.4 is 0 Å². The van der Waals surface area contributed by atoms with Gasteiger partial charge in [0, 0.05) is 13.0 Å². The SMILES string of the molecule is CC/C=C\C/C=C\C/C=C\C/C=C\CCCCCCCCCCC(=O)OC(COCCCCCCCCCCCCCCCCCCCCCCCC)COP(=O)(O)OCC(O)CO. The highest BCUT2D eigenvalue weighted by atomic mass is 31.2. The summed E-state index contributed by atoms with van der Waals surface area (Å²) in [6.45, 7) is 3.45. The van der Waals surface area contributed by atoms with E-state index in [-0.39, 0.29) is 25.6 Å². The highest BCUT2D eigenvalue weighted by Gasteiger charge is 2.26. The zero-order chi connectivity index (χ0) is 46.7. The fraction of sp³-hybridized carbons (Fsp3) is 0.833. The molecule has 0 saturated carbocycles. The van der Waals surface area contributed by atoms with Crippen molar-refractivity contribution < 1.29 is 43.0 Å². The molecule has 0 bridgehead atoms. The lowest BCUT2D eigenvalue weighted by atomic mass is 10.0. The molecule has 0 rings (SSSR count). The predicted octanol–water partition coefficient (Wildman–Crippen LogP) is 15.7. The zero-order valence-electron chi connectivity index (χ0n) is 41.5. The first-order chi connectivity index (χ1) is 31.3. The molecule has 0 aromatic rings. The summed E-state index contributed by atoms with van der Waals surface area (Å²) in [5, 5.41) is 18.4. The number of allylic oxidation sites excluding steroid dienone is 8. The van der Waals surface area contributed by atoms with Gasteiger partial charge in [-0.1, -0.05) is 236 Å². The van der Waals surface area contributed by atoms with Crippen LogP contribution in [0.25, 0.3) is 0 Å². The standard InChI is InChI=1S/C54H101O9P/c1-3-5-7-9-11-13-15-17-19-21-23-25-27-29-31-33-35-37-39-41-43-45-47-60-50-53(51-62-64(58,59)61-49-52(56)48-55)63-54(57)46-44-42-40-38-36-34-32-30-28-26-24-22-20-18-16-14-12-10-8-6-4-2/h6,8,12,14,18,20,24,26,52-53,55-56H,3-5,7,9-11,13,15-17,19,21-23,25,27-51H2,1-2H3,(H,58,59)/b8-6-,14-12-,20-18-,26-24-. The van der Waals surface area contributed by atoms with Gasteiger partial charge in [-0.25, -0.2) is 4.57 Å². The third-order valence-corrected chi connectivity index (χ3v) is 12.5. The Kier molecular flexibility index (Phi) is 49.6. The fourth-order valence-electron chi connectivity index (χ4n) is 7.53. The maximum Gasteiger partial charge on any atom is 0.472 e. The van der Waals surface area contributed by atoms with Crippen molar-refractivity contribution in [2.24, 2.45) is 0 Å². The molecule has 0 spiro atoms. The Hall–Kier alpha value is -1.58. The van der Waals surface area contributed by atoms with E-state index in [0.29, 0.717) is 6.61 Å². The van der Waals surface area contributed by atoms with Crippen LogP contribution in [0.4, 0.5) is 0 Å². The maximum atomic E-state index is 12.7. The van der Waals surface area contributed by atoms with Gasteiger partial charge in [-0.2, -0.15) is 0 Å². The molecule has 3 unspecified atom stereocenters. The Bertz CT molecular complexity index is 1140. The number of esters is 1. The van der Waals surface area contributed by atoms with Crippen LogP contribution >= 0.6 is 7.82 Å². The summed E-state index contributed by atoms with van der Waals surface area (Å²) in [5.41, 5.74) is 0. The molecule has 64 heavy (non-hydrogen) atoms. The molecule has 0 aliphatic rings. The lowest BCUT2D eigenvalue weighted by Crippen LogP contribution is -2.29. The maximum absolute atomic E-state index is 12.7. The normalized spacial score (nSPS) is 14.1. The van der Waals surface area contributed by atoms with Gasteiger partial charge in [-0.15, -0.1) is 0 Å². The molecule has 0 aliphatic heterocycles. The van der Waals surface area contributed by atoms with E-state index in [0.717, 1.165) is 70.6 Å². The topological polar surface area (TPSA) is 132 Å². The summed E-state index contributed by atoms with van der Waals surface area (Å²) >= 11 is 0. The molecule has 0 aromatic carbocycles. The van der Waals surface area contributed by atoms with Gasteiger partial charge in [0.05, 0.1) is 26.4 Å². The molecule has 0 fully saturated rings. The molecule has 0 heterocycles. The van der Waals surface area contributed by atoms with Gasteiger partial charge in [-0.3, -0.25) is 13.8 Å². The number of hydrogen-bond acceptors (Lipinski definition) is 8. The molecule has 9 nitrogen and oxygen atoms in total. The summed E-state index contributed by atoms with van der Waals surface area (Å²) in [7, 11) is -4.53. The molecule has 10 heteroatoms. The van der Waals surface area contributed by atoms with Crippen LogP contribution in [0.15, 0.2) is 48.6 Å². The number of phosphoric acid groups is 1. The van der Waals surface area contributed by atoms with Gasteiger partial charge in [-0.05, 0) is 51.4 Å². The number of aliphatic hydroxyl groups is 2. The summed E-state index contributed by atoms with van der Waals surface area (Å²) in [6, 6.07) is 0. The Morgan fingerprint density at radius 3 is 1.34 bits per heavy atom. The zero-order valence-corrected chi connectivity index (χ0v) is 42.4. The lowest BCUT2D eigenvalue weighted by Gasteiger charge is -2.20. The van der Waals surface area contributed by atoms with Crippen LogP contribution in [0.2, 0.25) is 0 Å². The summed E-state index contributed by atoms with van der Waals surface area (Å²) < 4.78 is 33.6. The van der Waals surface area contributed by atoms with Crippen molar-refractivity contribution in [3.63, 3.8) is 0 Å². The van der Waals surface area contributed by atoms with Gasteiger partial charge < -0.3 is 24.6 Å². The average molecular weight is 925 g/mol. The Morgan fingerprint density at radius 2 is 0.891 bits per heavy atom. The molecular formula is C54H101O9P. The fourth-order valence-corrected chi connectivity index (χ4v) is 8.32. The van der Waals surface area contributed by atoms with Crippen LogP contribution in [0.5, 0.6) is 0 Å². The van der Waals surface area contributed by atoms with Gasteiger partial charge >= 0.3 is 13.8 Å². The second-order valence-corrected chi connectivity index (χ2v) is 19.3. The van der Waals surface area contributed by atoms with Crippen molar-refractivity contribution in [1.82, 2.24) is 0 Å². The third-order valence-electron chi connectivity index (χ3n) is 11.5. The van der Waals surface area contributed by atoms with Crippen LogP contribution in [-0.4, -0.2) is 66.3 Å². The van der Waals surface area contributed by atoms with E-state index >= 15 is 0 Å². The van der Waals surface area contributed by atoms with E-state index < -0.39 is 33.2 Å². The number of rotatable bonds is 51. The van der Waals surface area contributed by atoms with E-state index in [4.69, 9.17) is 23.6 Å². The summed E-state index contributed by atoms with van der Waals surface area (Å²) in [5.74, 6) is -0.387. The second-order valence-electron chi connectivity index (χ2n) is 17.9. The van der Waals surface area contributed by atoms with E-state index in [1.54, 1.807) is 0 Å². The highest BCUT2D eigenvalue weighted by molar-refractivity contribution is 7.47. The van der Waals surface area contributed by atoms with E-state index in [1.807, 2.05) is 0 Å². The van der Waals surface area contributed by atoms with Crippen LogP contribution in [0.3, 0.4) is 0 Å². The number of unbranched alkanes of at least 4 members (excludes halogenated alkanes) is 29. The van der Waals surface area contributed by atoms with Crippen LogP contribution in [0, 0.1) is 0 Å². The smallest absolute Gasteiger partial charge is 0.457 e. The Morgan fingerprint density at radius 1 is 0.500 bits per heavy atom. The molecule has 376 valence electrons. The molecule has 0 aromatic heterocycles. The van der Waals surface area contributed by atoms with Crippen molar-refractivity contribution >= 4 is 13.8 Å². The number of carbonyl (C=O) groups is 1. The van der Waals surface area contributed by atoms with Crippen molar-refractivity contribution in [3.8, 4) is 0 Å². The third kappa shape index (κ3) is 49.8. The van der Waals surface area contributed by atoms with Gasteiger partial charge in [0.2, 0.25) is 0 Å². The van der Waals surface area contributed by atoms with Crippen LogP contribution in [-0.2, 0) is 27.9 Å². The number of phosphoric ester groups is 1. The average Bonchev–Trinajstić information content (AvgIpc) is 3.29. The highest BCUT2D eigenvalue weighted by Crippen LogP contribution is 2.43. The van der Waals surface area contributed by atoms with Crippen LogP contribution in [0.1, 0.15) is 245 Å². The first-order valence-electron chi connectivity index (χ1n) is 26.6. The van der Waals surface area contributed by atoms with E-state index in [2.05, 4.69) is 62.5 Å². The van der Waals surface area contributed by atoms with Gasteiger partial charge in [0.15, 0.2) is 0 Å². The molecule has 3 atom stereocenters. The van der Waals surface area contributed by atoms with Crippen molar-refractivity contribution in [2.75, 3.05) is 33.0 Å². The molecule has 0 radical (unpaired) electrons. The minimum atomic E-state index is -4.53. The summed E-state index contributed by atoms with van der Waals surface area (Å²) in [6.07, 6.45) is 59.4. The Labute approximate surface area is 394 Å².